The van der Waals surface area contributed by atoms with Gasteiger partial charge in [0.15, 0.2) is 5.78 Å². The molecule has 0 aromatic carbocycles. The highest BCUT2D eigenvalue weighted by Gasteiger charge is 2.21. The van der Waals surface area contributed by atoms with E-state index in [1.165, 1.54) is 0 Å². The van der Waals surface area contributed by atoms with Crippen molar-refractivity contribution in [1.82, 2.24) is 0 Å². The van der Waals surface area contributed by atoms with Gasteiger partial charge < -0.3 is 10.2 Å². The van der Waals surface area contributed by atoms with Gasteiger partial charge in [-0.25, -0.2) is 4.79 Å². The number of carboxylic acid groups (broad SMARTS) is 1. The molecule has 11 heavy (non-hydrogen) atoms. The number of carboxylic acids is 1. The molecule has 1 atom stereocenters. The first kappa shape index (κ1) is 7.94. The van der Waals surface area contributed by atoms with Crippen LogP contribution >= 0.6 is 0 Å². The van der Waals surface area contributed by atoms with Gasteiger partial charge in [-0.2, -0.15) is 0 Å². The summed E-state index contributed by atoms with van der Waals surface area (Å²) >= 11 is 0. The molecule has 2 N–H and O–H groups in total. The van der Waals surface area contributed by atoms with Gasteiger partial charge in [0.25, 0.3) is 0 Å². The standard InChI is InChI=1S/C7H8O4/c8-5-1-4(7(10)11)2-6(9)3-5/h1,6,9H,2-3H2,(H,10,11). The maximum atomic E-state index is 10.7. The minimum absolute atomic E-state index is 0.00579. The highest BCUT2D eigenvalue weighted by atomic mass is 16.4. The molecule has 0 heterocycles. The molecule has 4 nitrogen and oxygen atoms in total. The average Bonchev–Trinajstić information content (AvgIpc) is 1.85. The van der Waals surface area contributed by atoms with Crippen LogP contribution in [0.15, 0.2) is 11.6 Å². The van der Waals surface area contributed by atoms with Crippen LogP contribution < -0.4 is 0 Å². The van der Waals surface area contributed by atoms with E-state index in [1.807, 2.05) is 0 Å². The van der Waals surface area contributed by atoms with Crippen LogP contribution in [0.2, 0.25) is 0 Å². The zero-order valence-corrected chi connectivity index (χ0v) is 5.78. The minimum atomic E-state index is -1.13. The van der Waals surface area contributed by atoms with Crippen molar-refractivity contribution in [1.29, 1.82) is 0 Å². The van der Waals surface area contributed by atoms with E-state index >= 15 is 0 Å². The summed E-state index contributed by atoms with van der Waals surface area (Å²) in [7, 11) is 0. The number of aliphatic hydroxyl groups is 1. The van der Waals surface area contributed by atoms with E-state index in [-0.39, 0.29) is 24.2 Å². The van der Waals surface area contributed by atoms with Gasteiger partial charge in [0.2, 0.25) is 0 Å². The van der Waals surface area contributed by atoms with E-state index in [9.17, 15) is 9.59 Å². The first-order valence-electron chi connectivity index (χ1n) is 3.24. The lowest BCUT2D eigenvalue weighted by Crippen LogP contribution is -2.21. The molecular formula is C7H8O4. The molecule has 0 aliphatic heterocycles. The Morgan fingerprint density at radius 2 is 2.18 bits per heavy atom. The largest absolute Gasteiger partial charge is 0.478 e. The number of hydrogen-bond donors (Lipinski definition) is 2. The lowest BCUT2D eigenvalue weighted by atomic mass is 9.96. The van der Waals surface area contributed by atoms with Crippen molar-refractivity contribution in [3.05, 3.63) is 11.6 Å². The molecule has 60 valence electrons. The van der Waals surface area contributed by atoms with Gasteiger partial charge in [-0.1, -0.05) is 0 Å². The van der Waals surface area contributed by atoms with Crippen LogP contribution in [0.25, 0.3) is 0 Å². The Morgan fingerprint density at radius 3 is 2.64 bits per heavy atom. The second kappa shape index (κ2) is 2.84. The third-order valence-corrected chi connectivity index (χ3v) is 1.50. The number of hydrogen-bond acceptors (Lipinski definition) is 3. The molecule has 0 spiro atoms. The summed E-state index contributed by atoms with van der Waals surface area (Å²) in [5.74, 6) is -1.45. The van der Waals surface area contributed by atoms with E-state index in [0.29, 0.717) is 0 Å². The van der Waals surface area contributed by atoms with Crippen LogP contribution in [-0.4, -0.2) is 28.1 Å². The lowest BCUT2D eigenvalue weighted by Gasteiger charge is -2.13. The molecular weight excluding hydrogens is 148 g/mol. The van der Waals surface area contributed by atoms with Gasteiger partial charge in [-0.3, -0.25) is 4.79 Å². The summed E-state index contributed by atoms with van der Waals surface area (Å²) in [6, 6.07) is 0. The van der Waals surface area contributed by atoms with Crippen LogP contribution in [0.3, 0.4) is 0 Å². The monoisotopic (exact) mass is 156 g/mol. The number of allylic oxidation sites excluding steroid dienone is 1. The summed E-state index contributed by atoms with van der Waals surface area (Å²) in [5, 5.41) is 17.4. The van der Waals surface area contributed by atoms with Crippen molar-refractivity contribution in [2.45, 2.75) is 18.9 Å². The molecule has 1 unspecified atom stereocenters. The number of carbonyl (C=O) groups excluding carboxylic acids is 1. The van der Waals surface area contributed by atoms with Crippen molar-refractivity contribution >= 4 is 11.8 Å². The number of carbonyl (C=O) groups is 2. The molecule has 0 saturated carbocycles. The molecule has 0 saturated heterocycles. The summed E-state index contributed by atoms with van der Waals surface area (Å²) < 4.78 is 0. The Hall–Kier alpha value is -1.16. The highest BCUT2D eigenvalue weighted by Crippen LogP contribution is 2.15. The average molecular weight is 156 g/mol. The van der Waals surface area contributed by atoms with Gasteiger partial charge in [0.05, 0.1) is 6.10 Å². The minimum Gasteiger partial charge on any atom is -0.478 e. The predicted octanol–water partition coefficient (Wildman–Crippen LogP) is -0.279. The molecule has 4 heteroatoms. The molecule has 0 amide bonds. The molecule has 0 fully saturated rings. The SMILES string of the molecule is O=C1C=C(C(=O)O)CC(O)C1. The normalized spacial score (nSPS) is 24.6. The molecule has 1 aliphatic carbocycles. The molecule has 0 aromatic rings. The van der Waals surface area contributed by atoms with Crippen molar-refractivity contribution < 1.29 is 19.8 Å². The maximum absolute atomic E-state index is 10.7. The Balaban J connectivity index is 2.80. The number of aliphatic carboxylic acids is 1. The zero-order chi connectivity index (χ0) is 8.43. The molecule has 1 rings (SSSR count). The number of ketones is 1. The van der Waals surface area contributed by atoms with Crippen LogP contribution in [-0.2, 0) is 9.59 Å². The summed E-state index contributed by atoms with van der Waals surface area (Å²) in [5.41, 5.74) is -0.00579. The third-order valence-electron chi connectivity index (χ3n) is 1.50. The van der Waals surface area contributed by atoms with E-state index < -0.39 is 12.1 Å². The summed E-state index contributed by atoms with van der Waals surface area (Å²) in [6.07, 6.45) is 0.367. The van der Waals surface area contributed by atoms with Gasteiger partial charge in [-0.05, 0) is 6.08 Å². The van der Waals surface area contributed by atoms with Gasteiger partial charge >= 0.3 is 5.97 Å². The van der Waals surface area contributed by atoms with Crippen LogP contribution in [0, 0.1) is 0 Å². The Kier molecular flexibility index (Phi) is 2.05. The first-order chi connectivity index (χ1) is 5.09. The van der Waals surface area contributed by atoms with Crippen LogP contribution in [0.5, 0.6) is 0 Å². The fraction of sp³-hybridized carbons (Fsp3) is 0.429. The van der Waals surface area contributed by atoms with Crippen molar-refractivity contribution in [3.8, 4) is 0 Å². The molecule has 0 aromatic heterocycles. The number of aliphatic hydroxyl groups excluding tert-OH is 1. The highest BCUT2D eigenvalue weighted by molar-refractivity contribution is 6.00. The lowest BCUT2D eigenvalue weighted by molar-refractivity contribution is -0.134. The second-order valence-electron chi connectivity index (χ2n) is 2.50. The molecule has 0 radical (unpaired) electrons. The summed E-state index contributed by atoms with van der Waals surface area (Å²) in [4.78, 5) is 21.0. The van der Waals surface area contributed by atoms with Gasteiger partial charge in [-0.15, -0.1) is 0 Å². The smallest absolute Gasteiger partial charge is 0.331 e. The fourth-order valence-corrected chi connectivity index (χ4v) is 1.02. The van der Waals surface area contributed by atoms with Crippen molar-refractivity contribution in [2.24, 2.45) is 0 Å². The fourth-order valence-electron chi connectivity index (χ4n) is 1.02. The van der Waals surface area contributed by atoms with Crippen LogP contribution in [0.4, 0.5) is 0 Å². The zero-order valence-electron chi connectivity index (χ0n) is 5.78. The third kappa shape index (κ3) is 1.88. The van der Waals surface area contributed by atoms with Gasteiger partial charge in [0, 0.05) is 18.4 Å². The Morgan fingerprint density at radius 1 is 1.55 bits per heavy atom. The van der Waals surface area contributed by atoms with Crippen molar-refractivity contribution in [3.63, 3.8) is 0 Å². The topological polar surface area (TPSA) is 74.6 Å². The Bertz CT molecular complexity index is 229. The van der Waals surface area contributed by atoms with Gasteiger partial charge in [0.1, 0.15) is 0 Å². The van der Waals surface area contributed by atoms with Crippen molar-refractivity contribution in [2.75, 3.05) is 0 Å². The van der Waals surface area contributed by atoms with E-state index in [1.54, 1.807) is 0 Å². The van der Waals surface area contributed by atoms with E-state index in [4.69, 9.17) is 10.2 Å². The van der Waals surface area contributed by atoms with E-state index in [2.05, 4.69) is 0 Å². The molecule has 0 bridgehead atoms. The summed E-state index contributed by atoms with van der Waals surface area (Å²) in [6.45, 7) is 0. The second-order valence-corrected chi connectivity index (χ2v) is 2.50. The predicted molar refractivity (Wildman–Crippen MR) is 36.0 cm³/mol. The quantitative estimate of drug-likeness (QED) is 0.547. The number of rotatable bonds is 1. The van der Waals surface area contributed by atoms with Crippen LogP contribution in [0.1, 0.15) is 12.8 Å². The van der Waals surface area contributed by atoms with E-state index in [0.717, 1.165) is 6.08 Å². The maximum Gasteiger partial charge on any atom is 0.331 e. The Labute approximate surface area is 63.1 Å². The first-order valence-corrected chi connectivity index (χ1v) is 3.24. The molecule has 1 aliphatic rings.